The smallest absolute Gasteiger partial charge is 0.0929 e. The molecule has 1 aromatic rings. The lowest BCUT2D eigenvalue weighted by molar-refractivity contribution is 0.220. The molecule has 2 unspecified atom stereocenters. The van der Waals surface area contributed by atoms with Crippen LogP contribution in [0.4, 0.5) is 0 Å². The van der Waals surface area contributed by atoms with Gasteiger partial charge in [0.15, 0.2) is 0 Å². The van der Waals surface area contributed by atoms with Crippen molar-refractivity contribution in [3.63, 3.8) is 0 Å². The summed E-state index contributed by atoms with van der Waals surface area (Å²) in [5.41, 5.74) is 5.90. The van der Waals surface area contributed by atoms with Crippen molar-refractivity contribution >= 4 is 6.21 Å². The normalized spacial score (nSPS) is 27.4. The summed E-state index contributed by atoms with van der Waals surface area (Å²) < 4.78 is 0. The predicted octanol–water partition coefficient (Wildman–Crippen LogP) is 4.04. The Labute approximate surface area is 150 Å². The lowest BCUT2D eigenvalue weighted by atomic mass is 10.00. The fraction of sp³-hybridized carbons (Fsp3) is 0.409. The maximum absolute atomic E-state index is 4.74. The topological polar surface area (TPSA) is 18.8 Å². The third-order valence-corrected chi connectivity index (χ3v) is 5.96. The van der Waals surface area contributed by atoms with Crippen LogP contribution in [0.2, 0.25) is 0 Å². The molecule has 2 aliphatic heterocycles. The highest BCUT2D eigenvalue weighted by Crippen LogP contribution is 2.33. The van der Waals surface area contributed by atoms with Crippen LogP contribution in [0.3, 0.4) is 0 Å². The maximum Gasteiger partial charge on any atom is 0.0929 e. The lowest BCUT2D eigenvalue weighted by Crippen LogP contribution is -2.35. The molecule has 3 heteroatoms. The SMILES string of the molecule is C1=CC(N2N=CC3=C(CCN4Cc5ccccc5C4)C=CC32)CCC1. The lowest BCUT2D eigenvalue weighted by Gasteiger charge is -2.30. The Morgan fingerprint density at radius 3 is 2.68 bits per heavy atom. The Balaban J connectivity index is 1.24. The van der Waals surface area contributed by atoms with E-state index in [1.807, 2.05) is 0 Å². The molecule has 3 nitrogen and oxygen atoms in total. The second kappa shape index (κ2) is 6.30. The second-order valence-electron chi connectivity index (χ2n) is 7.56. The molecule has 128 valence electrons. The van der Waals surface area contributed by atoms with Crippen molar-refractivity contribution in [2.24, 2.45) is 5.10 Å². The van der Waals surface area contributed by atoms with E-state index in [0.717, 1.165) is 26.1 Å². The summed E-state index contributed by atoms with van der Waals surface area (Å²) in [5.74, 6) is 0. The molecule has 0 N–H and O–H groups in total. The van der Waals surface area contributed by atoms with Crippen LogP contribution in [0.25, 0.3) is 0 Å². The minimum absolute atomic E-state index is 0.374. The van der Waals surface area contributed by atoms with Crippen LogP contribution in [0.15, 0.2) is 64.8 Å². The zero-order chi connectivity index (χ0) is 16.6. The van der Waals surface area contributed by atoms with E-state index in [2.05, 4.69) is 64.7 Å². The van der Waals surface area contributed by atoms with Crippen LogP contribution >= 0.6 is 0 Å². The fourth-order valence-corrected chi connectivity index (χ4v) is 4.56. The summed E-state index contributed by atoms with van der Waals surface area (Å²) >= 11 is 0. The van der Waals surface area contributed by atoms with Crippen LogP contribution < -0.4 is 0 Å². The van der Waals surface area contributed by atoms with Crippen LogP contribution in [-0.2, 0) is 13.1 Å². The van der Waals surface area contributed by atoms with Crippen molar-refractivity contribution in [1.82, 2.24) is 9.91 Å². The molecule has 0 saturated carbocycles. The van der Waals surface area contributed by atoms with Gasteiger partial charge in [-0.15, -0.1) is 0 Å². The Hall–Kier alpha value is -2.13. The first-order valence-electron chi connectivity index (χ1n) is 9.58. The highest BCUT2D eigenvalue weighted by atomic mass is 15.5. The van der Waals surface area contributed by atoms with Crippen LogP contribution in [0.1, 0.15) is 36.8 Å². The van der Waals surface area contributed by atoms with E-state index >= 15 is 0 Å². The van der Waals surface area contributed by atoms with Crippen molar-refractivity contribution < 1.29 is 0 Å². The number of hydrazone groups is 1. The molecule has 0 aromatic heterocycles. The quantitative estimate of drug-likeness (QED) is 0.776. The van der Waals surface area contributed by atoms with Gasteiger partial charge in [-0.25, -0.2) is 0 Å². The molecule has 25 heavy (non-hydrogen) atoms. The van der Waals surface area contributed by atoms with E-state index in [0.29, 0.717) is 12.1 Å². The van der Waals surface area contributed by atoms with Crippen molar-refractivity contribution in [3.05, 3.63) is 70.8 Å². The first-order valence-corrected chi connectivity index (χ1v) is 9.58. The average Bonchev–Trinajstić information content (AvgIpc) is 3.35. The summed E-state index contributed by atoms with van der Waals surface area (Å²) in [5, 5.41) is 7.05. The summed E-state index contributed by atoms with van der Waals surface area (Å²) in [6, 6.07) is 9.69. The number of nitrogens with zero attached hydrogens (tertiary/aromatic N) is 3. The average molecular weight is 331 g/mol. The first kappa shape index (κ1) is 15.2. The van der Waals surface area contributed by atoms with Crippen molar-refractivity contribution in [2.45, 2.75) is 50.9 Å². The Morgan fingerprint density at radius 2 is 1.92 bits per heavy atom. The number of rotatable bonds is 4. The van der Waals surface area contributed by atoms with Crippen molar-refractivity contribution in [2.75, 3.05) is 6.54 Å². The molecular formula is C22H25N3. The van der Waals surface area contributed by atoms with Gasteiger partial charge in [0.25, 0.3) is 0 Å². The third kappa shape index (κ3) is 2.77. The predicted molar refractivity (Wildman–Crippen MR) is 102 cm³/mol. The molecule has 0 saturated heterocycles. The number of fused-ring (bicyclic) bond motifs is 2. The standard InChI is InChI=1S/C22H25N3/c1-2-8-20(9-3-1)25-22-11-10-17(21(22)14-23-25)12-13-24-15-18-6-4-5-7-19(18)16-24/h2,4-8,10-11,14,20,22H,1,3,9,12-13,15-16H2. The molecule has 4 aliphatic rings. The van der Waals surface area contributed by atoms with Gasteiger partial charge in [0.2, 0.25) is 0 Å². The van der Waals surface area contributed by atoms with Crippen LogP contribution in [-0.4, -0.2) is 34.8 Å². The number of hydrogen-bond acceptors (Lipinski definition) is 3. The highest BCUT2D eigenvalue weighted by molar-refractivity contribution is 5.86. The van der Waals surface area contributed by atoms with Gasteiger partial charge in [0.1, 0.15) is 0 Å². The number of hydrogen-bond donors (Lipinski definition) is 0. The highest BCUT2D eigenvalue weighted by Gasteiger charge is 2.33. The van der Waals surface area contributed by atoms with Gasteiger partial charge in [-0.3, -0.25) is 9.91 Å². The summed E-state index contributed by atoms with van der Waals surface area (Å²) in [7, 11) is 0. The summed E-state index contributed by atoms with van der Waals surface area (Å²) in [4.78, 5) is 2.56. The summed E-state index contributed by atoms with van der Waals surface area (Å²) in [6.07, 6.45) is 16.3. The van der Waals surface area contributed by atoms with Crippen molar-refractivity contribution in [1.29, 1.82) is 0 Å². The Morgan fingerprint density at radius 1 is 1.08 bits per heavy atom. The maximum atomic E-state index is 4.74. The molecule has 5 rings (SSSR count). The van der Waals surface area contributed by atoms with Crippen molar-refractivity contribution in [3.8, 4) is 0 Å². The minimum Gasteiger partial charge on any atom is -0.294 e. The molecule has 2 atom stereocenters. The van der Waals surface area contributed by atoms with Gasteiger partial charge in [-0.1, -0.05) is 48.6 Å². The summed E-state index contributed by atoms with van der Waals surface area (Å²) in [6.45, 7) is 3.32. The van der Waals surface area contributed by atoms with E-state index in [-0.39, 0.29) is 0 Å². The number of allylic oxidation sites excluding steroid dienone is 2. The van der Waals surface area contributed by atoms with Gasteiger partial charge in [-0.2, -0.15) is 5.10 Å². The monoisotopic (exact) mass is 331 g/mol. The van der Waals surface area contributed by atoms with Gasteiger partial charge in [-0.05, 0) is 42.4 Å². The van der Waals surface area contributed by atoms with E-state index in [1.54, 1.807) is 0 Å². The van der Waals surface area contributed by atoms with Gasteiger partial charge < -0.3 is 0 Å². The largest absolute Gasteiger partial charge is 0.294 e. The second-order valence-corrected chi connectivity index (χ2v) is 7.56. The van der Waals surface area contributed by atoms with Gasteiger partial charge >= 0.3 is 0 Å². The zero-order valence-corrected chi connectivity index (χ0v) is 14.6. The fourth-order valence-electron chi connectivity index (χ4n) is 4.56. The van der Waals surface area contributed by atoms with E-state index in [4.69, 9.17) is 5.10 Å². The first-order chi connectivity index (χ1) is 12.4. The molecule has 0 spiro atoms. The molecule has 2 heterocycles. The molecule has 0 fully saturated rings. The van der Waals surface area contributed by atoms with E-state index in [9.17, 15) is 0 Å². The molecule has 0 amide bonds. The Bertz CT molecular complexity index is 761. The molecule has 2 aliphatic carbocycles. The zero-order valence-electron chi connectivity index (χ0n) is 14.6. The van der Waals surface area contributed by atoms with Gasteiger partial charge in [0.05, 0.1) is 18.3 Å². The minimum atomic E-state index is 0.374. The van der Waals surface area contributed by atoms with E-state index < -0.39 is 0 Å². The van der Waals surface area contributed by atoms with Gasteiger partial charge in [0, 0.05) is 25.2 Å². The Kier molecular flexibility index (Phi) is 3.82. The molecule has 0 bridgehead atoms. The number of benzene rings is 1. The molecule has 1 aromatic carbocycles. The van der Waals surface area contributed by atoms with E-state index in [1.165, 1.54) is 41.5 Å². The van der Waals surface area contributed by atoms with Crippen LogP contribution in [0.5, 0.6) is 0 Å². The molecule has 0 radical (unpaired) electrons. The third-order valence-electron chi connectivity index (χ3n) is 5.96. The van der Waals surface area contributed by atoms with Crippen LogP contribution in [0, 0.1) is 0 Å². The molecular weight excluding hydrogens is 306 g/mol.